The first-order chi connectivity index (χ1) is 17.1. The van der Waals surface area contributed by atoms with Crippen LogP contribution in [-0.4, -0.2) is 68.4 Å². The van der Waals surface area contributed by atoms with Crippen molar-refractivity contribution in [2.75, 3.05) is 26.4 Å². The lowest BCUT2D eigenvalue weighted by atomic mass is 10.1. The fraction of sp³-hybridized carbons (Fsp3) is 0.560. The molecule has 0 aromatic carbocycles. The predicted octanol–water partition coefficient (Wildman–Crippen LogP) is 2.81. The maximum Gasteiger partial charge on any atom is 0.466 e. The number of carbonyl (C=O) groups is 1. The number of esters is 1. The molecule has 0 radical (unpaired) electrons. The summed E-state index contributed by atoms with van der Waals surface area (Å²) in [5.74, 6) is -0.554. The summed E-state index contributed by atoms with van der Waals surface area (Å²) in [5, 5.41) is 25.4. The van der Waals surface area contributed by atoms with E-state index in [1.54, 1.807) is 18.2 Å². The molecule has 8 N–H and O–H groups in total. The summed E-state index contributed by atoms with van der Waals surface area (Å²) in [7, 11) is -4.64. The second-order valence-electron chi connectivity index (χ2n) is 7.34. The molecule has 0 heterocycles. The molecule has 0 saturated carbocycles. The van der Waals surface area contributed by atoms with Gasteiger partial charge in [-0.3, -0.25) is 0 Å². The molecule has 11 heteroatoms. The Morgan fingerprint density at radius 1 is 0.861 bits per heavy atom. The molecule has 210 valence electrons. The first kappa shape index (κ1) is 38.6. The van der Waals surface area contributed by atoms with Crippen LogP contribution in [0.5, 0.6) is 0 Å². The molecule has 0 aromatic heterocycles. The molecule has 0 rings (SSSR count). The van der Waals surface area contributed by atoms with E-state index in [1.807, 2.05) is 24.3 Å². The number of carbonyl (C=O) groups excluding carboxylic acids is 1. The van der Waals surface area contributed by atoms with E-state index >= 15 is 0 Å². The zero-order chi connectivity index (χ0) is 27.9. The van der Waals surface area contributed by atoms with E-state index in [2.05, 4.69) is 19.1 Å². The van der Waals surface area contributed by atoms with E-state index in [4.69, 9.17) is 45.0 Å². The normalized spacial score (nSPS) is 12.8. The van der Waals surface area contributed by atoms with Gasteiger partial charge in [0.15, 0.2) is 0 Å². The van der Waals surface area contributed by atoms with Crippen molar-refractivity contribution in [3.8, 4) is 0 Å². The standard InChI is InChI=1S/C23H36O4.C2H7NO.H3O4P/c1-2-3-4-5-6-7-8-9-10-11-12-13-14-15-16-17-18-19-23(26)27-21-22(25)20-24;3-1-2-4;1-5(2,3)4/h10-19,22,24-25H,2-9,20-21H2,1H3;4H,1-3H2;(H3,1,2,3,4). The van der Waals surface area contributed by atoms with Crippen LogP contribution in [-0.2, 0) is 14.1 Å². The van der Waals surface area contributed by atoms with E-state index in [0.29, 0.717) is 6.54 Å². The Morgan fingerprint density at radius 2 is 1.31 bits per heavy atom. The van der Waals surface area contributed by atoms with Crippen molar-refractivity contribution in [3.63, 3.8) is 0 Å². The van der Waals surface area contributed by atoms with Gasteiger partial charge in [0.2, 0.25) is 0 Å². The topological polar surface area (TPSA) is 191 Å². The van der Waals surface area contributed by atoms with Crippen molar-refractivity contribution in [1.29, 1.82) is 0 Å². The summed E-state index contributed by atoms with van der Waals surface area (Å²) in [5.41, 5.74) is 4.78. The Balaban J connectivity index is -0.00000103. The number of hydrogen-bond donors (Lipinski definition) is 7. The lowest BCUT2D eigenvalue weighted by Crippen LogP contribution is -2.21. The number of aliphatic hydroxyl groups is 3. The number of nitrogens with two attached hydrogens (primary N) is 1. The molecule has 1 atom stereocenters. The van der Waals surface area contributed by atoms with E-state index in [-0.39, 0.29) is 13.2 Å². The highest BCUT2D eigenvalue weighted by molar-refractivity contribution is 7.45. The minimum atomic E-state index is -4.64. The molecule has 0 bridgehead atoms. The summed E-state index contributed by atoms with van der Waals surface area (Å²) < 4.78 is 13.6. The molecule has 0 aliphatic carbocycles. The molecule has 0 spiro atoms. The monoisotopic (exact) mass is 535 g/mol. The first-order valence-corrected chi connectivity index (χ1v) is 13.6. The van der Waals surface area contributed by atoms with E-state index in [1.165, 1.54) is 51.0 Å². The summed E-state index contributed by atoms with van der Waals surface area (Å²) in [6.07, 6.45) is 27.8. The van der Waals surface area contributed by atoms with Gasteiger partial charge in [-0.15, -0.1) is 0 Å². The van der Waals surface area contributed by atoms with E-state index in [9.17, 15) is 4.79 Å². The number of aliphatic hydroxyl groups excluding tert-OH is 3. The highest BCUT2D eigenvalue weighted by Crippen LogP contribution is 2.25. The molecular formula is C25H46NO9P. The fourth-order valence-electron chi connectivity index (χ4n) is 2.19. The highest BCUT2D eigenvalue weighted by atomic mass is 31.2. The molecule has 0 aliphatic rings. The van der Waals surface area contributed by atoms with Gasteiger partial charge in [-0.1, -0.05) is 100 Å². The van der Waals surface area contributed by atoms with Crippen molar-refractivity contribution < 1.29 is 44.1 Å². The van der Waals surface area contributed by atoms with Gasteiger partial charge in [0.25, 0.3) is 0 Å². The first-order valence-electron chi connectivity index (χ1n) is 12.0. The smallest absolute Gasteiger partial charge is 0.460 e. The third-order valence-electron chi connectivity index (χ3n) is 3.88. The highest BCUT2D eigenvalue weighted by Gasteiger charge is 2.04. The molecule has 0 aliphatic heterocycles. The van der Waals surface area contributed by atoms with Gasteiger partial charge >= 0.3 is 13.8 Å². The van der Waals surface area contributed by atoms with Crippen LogP contribution < -0.4 is 5.73 Å². The maximum atomic E-state index is 11.3. The number of ether oxygens (including phenoxy) is 1. The minimum Gasteiger partial charge on any atom is -0.460 e. The van der Waals surface area contributed by atoms with Gasteiger partial charge in [-0.05, 0) is 12.8 Å². The lowest BCUT2D eigenvalue weighted by Gasteiger charge is -2.05. The van der Waals surface area contributed by atoms with Crippen molar-refractivity contribution >= 4 is 13.8 Å². The van der Waals surface area contributed by atoms with E-state index in [0.717, 1.165) is 6.42 Å². The van der Waals surface area contributed by atoms with Gasteiger partial charge in [0.05, 0.1) is 13.2 Å². The van der Waals surface area contributed by atoms with Gasteiger partial charge in [0.1, 0.15) is 12.7 Å². The average Bonchev–Trinajstić information content (AvgIpc) is 2.83. The minimum absolute atomic E-state index is 0.0972. The molecule has 0 amide bonds. The largest absolute Gasteiger partial charge is 0.466 e. The Kier molecular flexibility index (Phi) is 33.4. The quantitative estimate of drug-likeness (QED) is 0.0479. The Labute approximate surface area is 215 Å². The van der Waals surface area contributed by atoms with Gasteiger partial charge in [-0.2, -0.15) is 0 Å². The third kappa shape index (κ3) is 49.3. The van der Waals surface area contributed by atoms with Crippen molar-refractivity contribution in [2.45, 2.75) is 64.4 Å². The lowest BCUT2D eigenvalue weighted by molar-refractivity contribution is -0.141. The Morgan fingerprint density at radius 3 is 1.78 bits per heavy atom. The SMILES string of the molecule is CCCCCCCCCC=CC=CC=CC=CC=CC(=O)OCC(O)CO.NCCO.O=P(O)(O)O. The van der Waals surface area contributed by atoms with Crippen molar-refractivity contribution in [2.24, 2.45) is 5.73 Å². The van der Waals surface area contributed by atoms with Crippen LogP contribution in [0.25, 0.3) is 0 Å². The molecular weight excluding hydrogens is 489 g/mol. The van der Waals surface area contributed by atoms with Crippen molar-refractivity contribution in [3.05, 3.63) is 60.8 Å². The van der Waals surface area contributed by atoms with Crippen LogP contribution in [0.1, 0.15) is 58.3 Å². The molecule has 0 fully saturated rings. The number of allylic oxidation sites excluding steroid dienone is 9. The maximum absolute atomic E-state index is 11.3. The van der Waals surface area contributed by atoms with Gasteiger partial charge in [-0.25, -0.2) is 9.36 Å². The van der Waals surface area contributed by atoms with Crippen LogP contribution >= 0.6 is 7.82 Å². The predicted molar refractivity (Wildman–Crippen MR) is 143 cm³/mol. The summed E-state index contributed by atoms with van der Waals surface area (Å²) in [6.45, 7) is 2.08. The summed E-state index contributed by atoms with van der Waals surface area (Å²) in [6, 6.07) is 0. The van der Waals surface area contributed by atoms with Crippen LogP contribution in [0.4, 0.5) is 0 Å². The molecule has 1 unspecified atom stereocenters. The van der Waals surface area contributed by atoms with Crippen LogP contribution in [0.2, 0.25) is 0 Å². The average molecular weight is 536 g/mol. The van der Waals surface area contributed by atoms with Gasteiger partial charge in [0, 0.05) is 12.6 Å². The number of unbranched alkanes of at least 4 members (excludes halogenated alkanes) is 7. The van der Waals surface area contributed by atoms with Gasteiger partial charge < -0.3 is 40.5 Å². The number of phosphoric acid groups is 1. The zero-order valence-electron chi connectivity index (χ0n) is 21.3. The third-order valence-corrected chi connectivity index (χ3v) is 3.88. The second kappa shape index (κ2) is 31.2. The molecule has 0 saturated heterocycles. The molecule has 10 nitrogen and oxygen atoms in total. The van der Waals surface area contributed by atoms with Crippen LogP contribution in [0.3, 0.4) is 0 Å². The van der Waals surface area contributed by atoms with E-state index < -0.39 is 26.5 Å². The van der Waals surface area contributed by atoms with Crippen molar-refractivity contribution in [1.82, 2.24) is 0 Å². The molecule has 0 aromatic rings. The Hall–Kier alpha value is -1.88. The number of hydrogen-bond acceptors (Lipinski definition) is 7. The number of rotatable bonds is 17. The van der Waals surface area contributed by atoms with Crippen LogP contribution in [0.15, 0.2) is 60.8 Å². The fourth-order valence-corrected chi connectivity index (χ4v) is 2.19. The summed E-state index contributed by atoms with van der Waals surface area (Å²) in [4.78, 5) is 32.8. The molecule has 36 heavy (non-hydrogen) atoms. The Bertz CT molecular complexity index is 660. The summed E-state index contributed by atoms with van der Waals surface area (Å²) >= 11 is 0. The zero-order valence-corrected chi connectivity index (χ0v) is 22.2. The second-order valence-corrected chi connectivity index (χ2v) is 8.37. The van der Waals surface area contributed by atoms with Crippen LogP contribution in [0, 0.1) is 0 Å².